The number of aryl methyl sites for hydroxylation is 1. The predicted molar refractivity (Wildman–Crippen MR) is 84.2 cm³/mol. The molecular weight excluding hydrogens is 282 g/mol. The van der Waals surface area contributed by atoms with E-state index in [1.807, 2.05) is 34.5 Å². The lowest BCUT2D eigenvalue weighted by Crippen LogP contribution is -2.44. The molecular formula is C16H21N3OS. The van der Waals surface area contributed by atoms with Crippen LogP contribution in [0.25, 0.3) is 0 Å². The first kappa shape index (κ1) is 14.3. The van der Waals surface area contributed by atoms with Gasteiger partial charge in [0, 0.05) is 36.4 Å². The number of hydrogen-bond donors (Lipinski definition) is 0. The lowest BCUT2D eigenvalue weighted by atomic mass is 9.98. The molecule has 1 atom stereocenters. The number of nitrogens with zero attached hydrogens (tertiary/aromatic N) is 3. The number of piperidine rings is 1. The third kappa shape index (κ3) is 3.73. The van der Waals surface area contributed by atoms with Crippen molar-refractivity contribution < 1.29 is 4.79 Å². The van der Waals surface area contributed by atoms with Crippen LogP contribution in [0, 0.1) is 0 Å². The normalized spacial score (nSPS) is 18.9. The minimum atomic E-state index is 0.280. The summed E-state index contributed by atoms with van der Waals surface area (Å²) in [5.41, 5.74) is 0. The molecule has 1 fully saturated rings. The predicted octanol–water partition coefficient (Wildman–Crippen LogP) is 2.96. The lowest BCUT2D eigenvalue weighted by Gasteiger charge is -2.36. The molecule has 0 radical (unpaired) electrons. The Bertz CT molecular complexity index is 550. The molecule has 0 spiro atoms. The molecule has 0 unspecified atom stereocenters. The van der Waals surface area contributed by atoms with E-state index in [-0.39, 0.29) is 5.91 Å². The molecule has 1 amide bonds. The molecule has 1 saturated heterocycles. The molecule has 0 aromatic carbocycles. The summed E-state index contributed by atoms with van der Waals surface area (Å²) in [6.45, 7) is 1.80. The van der Waals surface area contributed by atoms with Crippen molar-refractivity contribution in [2.45, 2.75) is 44.7 Å². The van der Waals surface area contributed by atoms with Crippen LogP contribution in [0.3, 0.4) is 0 Å². The van der Waals surface area contributed by atoms with E-state index in [0.29, 0.717) is 12.5 Å². The monoisotopic (exact) mass is 303 g/mol. The van der Waals surface area contributed by atoms with Gasteiger partial charge in [0.25, 0.3) is 0 Å². The summed E-state index contributed by atoms with van der Waals surface area (Å²) in [6.07, 6.45) is 8.83. The second-order valence-corrected chi connectivity index (χ2v) is 6.58. The molecule has 0 N–H and O–H groups in total. The van der Waals surface area contributed by atoms with Crippen molar-refractivity contribution in [3.8, 4) is 0 Å². The van der Waals surface area contributed by atoms with Gasteiger partial charge in [-0.25, -0.2) is 0 Å². The van der Waals surface area contributed by atoms with E-state index in [0.717, 1.165) is 37.2 Å². The molecule has 21 heavy (non-hydrogen) atoms. The van der Waals surface area contributed by atoms with Gasteiger partial charge in [0.1, 0.15) is 0 Å². The maximum Gasteiger partial charge on any atom is 0.228 e. The van der Waals surface area contributed by atoms with Crippen molar-refractivity contribution in [2.24, 2.45) is 0 Å². The molecule has 4 nitrogen and oxygen atoms in total. The van der Waals surface area contributed by atoms with Crippen molar-refractivity contribution in [3.05, 3.63) is 40.8 Å². The van der Waals surface area contributed by atoms with E-state index in [4.69, 9.17) is 0 Å². The van der Waals surface area contributed by atoms with Gasteiger partial charge in [-0.1, -0.05) is 6.07 Å². The highest BCUT2D eigenvalue weighted by Crippen LogP contribution is 2.22. The molecule has 0 bridgehead atoms. The van der Waals surface area contributed by atoms with Crippen molar-refractivity contribution in [1.82, 2.24) is 14.7 Å². The number of likely N-dealkylation sites (tertiary alicyclic amines) is 1. The highest BCUT2D eigenvalue weighted by Gasteiger charge is 2.26. The second kappa shape index (κ2) is 6.89. The van der Waals surface area contributed by atoms with E-state index in [1.165, 1.54) is 6.42 Å². The maximum atomic E-state index is 12.5. The van der Waals surface area contributed by atoms with Crippen molar-refractivity contribution in [1.29, 1.82) is 0 Å². The van der Waals surface area contributed by atoms with Gasteiger partial charge in [0.2, 0.25) is 5.91 Å². The molecule has 0 aliphatic carbocycles. The number of aromatic nitrogens is 2. The maximum absolute atomic E-state index is 12.5. The molecule has 112 valence electrons. The van der Waals surface area contributed by atoms with Crippen LogP contribution in [0.15, 0.2) is 36.0 Å². The smallest absolute Gasteiger partial charge is 0.228 e. The summed E-state index contributed by atoms with van der Waals surface area (Å²) < 4.78 is 1.95. The number of amides is 1. The Labute approximate surface area is 129 Å². The van der Waals surface area contributed by atoms with E-state index in [9.17, 15) is 4.79 Å². The highest BCUT2D eigenvalue weighted by atomic mass is 32.1. The molecule has 2 aromatic heterocycles. The average molecular weight is 303 g/mol. The summed E-state index contributed by atoms with van der Waals surface area (Å²) in [6, 6.07) is 6.38. The fourth-order valence-corrected chi connectivity index (χ4v) is 3.70. The van der Waals surface area contributed by atoms with Gasteiger partial charge in [0.15, 0.2) is 0 Å². The molecule has 5 heteroatoms. The summed E-state index contributed by atoms with van der Waals surface area (Å²) >= 11 is 1.67. The molecule has 0 saturated carbocycles. The minimum absolute atomic E-state index is 0.280. The number of thiophene rings is 1. The Morgan fingerprint density at radius 2 is 2.33 bits per heavy atom. The zero-order chi connectivity index (χ0) is 14.5. The Kier molecular flexibility index (Phi) is 4.70. The zero-order valence-corrected chi connectivity index (χ0v) is 13.0. The third-order valence-electron chi connectivity index (χ3n) is 4.10. The summed E-state index contributed by atoms with van der Waals surface area (Å²) in [7, 11) is 0. The second-order valence-electron chi connectivity index (χ2n) is 5.55. The molecule has 1 aliphatic heterocycles. The number of hydrogen-bond acceptors (Lipinski definition) is 3. The molecule has 3 rings (SSSR count). The first-order chi connectivity index (χ1) is 10.3. The summed E-state index contributed by atoms with van der Waals surface area (Å²) in [4.78, 5) is 15.8. The van der Waals surface area contributed by atoms with Crippen LogP contribution in [-0.4, -0.2) is 33.2 Å². The Morgan fingerprint density at radius 1 is 1.38 bits per heavy atom. The van der Waals surface area contributed by atoms with Crippen LogP contribution in [-0.2, 0) is 17.8 Å². The number of carbonyl (C=O) groups excluding carboxylic acids is 1. The van der Waals surface area contributed by atoms with Gasteiger partial charge in [0.05, 0.1) is 6.42 Å². The van der Waals surface area contributed by atoms with Crippen molar-refractivity contribution in [3.63, 3.8) is 0 Å². The topological polar surface area (TPSA) is 38.1 Å². The SMILES string of the molecule is O=C(Cc1cccs1)N1CCCC[C@@H]1CCn1cccn1. The van der Waals surface area contributed by atoms with Crippen LogP contribution in [0.4, 0.5) is 0 Å². The van der Waals surface area contributed by atoms with Crippen molar-refractivity contribution in [2.75, 3.05) is 6.54 Å². The largest absolute Gasteiger partial charge is 0.339 e. The van der Waals surface area contributed by atoms with Crippen LogP contribution in [0.1, 0.15) is 30.6 Å². The first-order valence-electron chi connectivity index (χ1n) is 7.62. The Hall–Kier alpha value is -1.62. The Balaban J connectivity index is 1.59. The third-order valence-corrected chi connectivity index (χ3v) is 4.98. The molecule has 2 aromatic rings. The zero-order valence-electron chi connectivity index (χ0n) is 12.1. The quantitative estimate of drug-likeness (QED) is 0.851. The van der Waals surface area contributed by atoms with E-state index < -0.39 is 0 Å². The van der Waals surface area contributed by atoms with Gasteiger partial charge in [-0.2, -0.15) is 5.10 Å². The summed E-state index contributed by atoms with van der Waals surface area (Å²) in [5.74, 6) is 0.280. The molecule has 3 heterocycles. The van der Waals surface area contributed by atoms with Crippen LogP contribution in [0.2, 0.25) is 0 Å². The van der Waals surface area contributed by atoms with Gasteiger partial charge < -0.3 is 4.90 Å². The van der Waals surface area contributed by atoms with Crippen LogP contribution in [0.5, 0.6) is 0 Å². The first-order valence-corrected chi connectivity index (χ1v) is 8.50. The van der Waals surface area contributed by atoms with Gasteiger partial charge in [-0.05, 0) is 43.2 Å². The van der Waals surface area contributed by atoms with E-state index in [2.05, 4.69) is 10.00 Å². The summed E-state index contributed by atoms with van der Waals surface area (Å²) in [5, 5.41) is 6.28. The van der Waals surface area contributed by atoms with E-state index in [1.54, 1.807) is 17.5 Å². The van der Waals surface area contributed by atoms with E-state index >= 15 is 0 Å². The highest BCUT2D eigenvalue weighted by molar-refractivity contribution is 7.10. The number of carbonyl (C=O) groups is 1. The standard InChI is InChI=1S/C16H21N3OS/c20-16(13-15-6-3-12-21-15)19-10-2-1-5-14(19)7-11-18-9-4-8-17-18/h3-4,6,8-9,12,14H,1-2,5,7,10-11,13H2/t14-/m1/s1. The van der Waals surface area contributed by atoms with Crippen LogP contribution < -0.4 is 0 Å². The lowest BCUT2D eigenvalue weighted by molar-refractivity contribution is -0.134. The van der Waals surface area contributed by atoms with Crippen LogP contribution >= 0.6 is 11.3 Å². The van der Waals surface area contributed by atoms with Gasteiger partial charge in [-0.15, -0.1) is 11.3 Å². The minimum Gasteiger partial charge on any atom is -0.339 e. The van der Waals surface area contributed by atoms with Gasteiger partial charge in [-0.3, -0.25) is 9.48 Å². The fourth-order valence-electron chi connectivity index (χ4n) is 3.01. The fraction of sp³-hybridized carbons (Fsp3) is 0.500. The van der Waals surface area contributed by atoms with Crippen molar-refractivity contribution >= 4 is 17.2 Å². The molecule has 1 aliphatic rings. The average Bonchev–Trinajstić information content (AvgIpc) is 3.18. The number of rotatable bonds is 5. The van der Waals surface area contributed by atoms with Gasteiger partial charge >= 0.3 is 0 Å². The Morgan fingerprint density at radius 3 is 3.10 bits per heavy atom.